The first kappa shape index (κ1) is 20.7. The van der Waals surface area contributed by atoms with Crippen LogP contribution in [0.2, 0.25) is 5.02 Å². The van der Waals surface area contributed by atoms with Crippen molar-refractivity contribution >= 4 is 28.5 Å². The fourth-order valence-corrected chi connectivity index (χ4v) is 3.95. The maximum absolute atomic E-state index is 14.2. The third-order valence-electron chi connectivity index (χ3n) is 5.44. The molecule has 0 amide bonds. The first-order valence-electron chi connectivity index (χ1n) is 10.1. The molecule has 3 atom stereocenters. The number of pyridine rings is 1. The van der Waals surface area contributed by atoms with Crippen molar-refractivity contribution in [2.45, 2.75) is 18.4 Å². The van der Waals surface area contributed by atoms with Crippen molar-refractivity contribution < 1.29 is 19.0 Å². The van der Waals surface area contributed by atoms with Crippen LogP contribution in [0.4, 0.5) is 10.1 Å². The molecule has 2 aromatic heterocycles. The second-order valence-corrected chi connectivity index (χ2v) is 7.99. The lowest BCUT2D eigenvalue weighted by atomic mass is 10.0. The molecule has 4 N–H and O–H groups in total. The van der Waals surface area contributed by atoms with Crippen molar-refractivity contribution in [3.8, 4) is 28.4 Å². The number of H-pyrrole nitrogens is 1. The number of nitrogens with two attached hydrogens (primary N) is 1. The Bertz CT molecular complexity index is 1250. The summed E-state index contributed by atoms with van der Waals surface area (Å²) in [4.78, 5) is 11.8. The van der Waals surface area contributed by atoms with Gasteiger partial charge in [-0.25, -0.2) is 9.37 Å². The molecular formula is C23H20ClFN4O3. The lowest BCUT2D eigenvalue weighted by Crippen LogP contribution is -2.32. The van der Waals surface area contributed by atoms with Gasteiger partial charge in [0.1, 0.15) is 6.10 Å². The average Bonchev–Trinajstić information content (AvgIpc) is 3.36. The number of aliphatic hydroxyl groups is 1. The van der Waals surface area contributed by atoms with Crippen LogP contribution in [0.15, 0.2) is 54.6 Å². The minimum absolute atomic E-state index is 0.0310. The molecule has 0 bridgehead atoms. The van der Waals surface area contributed by atoms with Crippen LogP contribution in [0.25, 0.3) is 33.5 Å². The highest BCUT2D eigenvalue weighted by Crippen LogP contribution is 2.32. The number of benzene rings is 2. The molecule has 0 spiro atoms. The van der Waals surface area contributed by atoms with Gasteiger partial charge in [-0.05, 0) is 29.3 Å². The Morgan fingerprint density at radius 1 is 1.09 bits per heavy atom. The van der Waals surface area contributed by atoms with Gasteiger partial charge in [0, 0.05) is 11.3 Å². The van der Waals surface area contributed by atoms with Gasteiger partial charge < -0.3 is 25.3 Å². The summed E-state index contributed by atoms with van der Waals surface area (Å²) in [6, 6.07) is 17.3. The minimum Gasteiger partial charge on any atom is -0.456 e. The molecule has 1 fully saturated rings. The SMILES string of the molecule is Nc1ccc(-c2ccc(-c3nc4nc(O[C@@H]5CO[C@H](CO)[C@@H]5F)[nH]c4cc3Cl)cc2)cc1. The molecule has 0 saturated carbocycles. The van der Waals surface area contributed by atoms with Crippen LogP contribution in [0.1, 0.15) is 0 Å². The largest absolute Gasteiger partial charge is 0.456 e. The zero-order valence-electron chi connectivity index (χ0n) is 16.8. The molecule has 0 aliphatic carbocycles. The van der Waals surface area contributed by atoms with E-state index in [2.05, 4.69) is 15.0 Å². The second kappa shape index (κ2) is 8.38. The number of fused-ring (bicyclic) bond motifs is 1. The number of aromatic nitrogens is 3. The van der Waals surface area contributed by atoms with E-state index in [1.807, 2.05) is 48.5 Å². The number of halogens is 2. The van der Waals surface area contributed by atoms with E-state index in [0.717, 1.165) is 16.7 Å². The summed E-state index contributed by atoms with van der Waals surface area (Å²) >= 11 is 6.48. The van der Waals surface area contributed by atoms with E-state index >= 15 is 0 Å². The molecule has 1 aliphatic heterocycles. The zero-order valence-corrected chi connectivity index (χ0v) is 17.6. The van der Waals surface area contributed by atoms with Gasteiger partial charge in [-0.3, -0.25) is 0 Å². The number of nitrogens with one attached hydrogen (secondary N) is 1. The van der Waals surface area contributed by atoms with Crippen LogP contribution in [0, 0.1) is 0 Å². The number of nitrogens with zero attached hydrogens (tertiary/aromatic N) is 2. The lowest BCUT2D eigenvalue weighted by molar-refractivity contribution is 0.0302. The molecule has 3 heterocycles. The van der Waals surface area contributed by atoms with E-state index in [1.54, 1.807) is 6.07 Å². The van der Waals surface area contributed by atoms with E-state index in [9.17, 15) is 4.39 Å². The van der Waals surface area contributed by atoms with Gasteiger partial charge in [-0.15, -0.1) is 0 Å². The third-order valence-corrected chi connectivity index (χ3v) is 5.72. The Hall–Kier alpha value is -3.20. The number of imidazole rings is 1. The van der Waals surface area contributed by atoms with Crippen LogP contribution >= 0.6 is 11.6 Å². The molecule has 4 aromatic rings. The number of alkyl halides is 1. The number of aromatic amines is 1. The Morgan fingerprint density at radius 3 is 2.41 bits per heavy atom. The molecular weight excluding hydrogens is 435 g/mol. The van der Waals surface area contributed by atoms with E-state index < -0.39 is 25.0 Å². The van der Waals surface area contributed by atoms with Crippen LogP contribution in [0.3, 0.4) is 0 Å². The predicted molar refractivity (Wildman–Crippen MR) is 120 cm³/mol. The quantitative estimate of drug-likeness (QED) is 0.393. The molecule has 1 saturated heterocycles. The van der Waals surface area contributed by atoms with Gasteiger partial charge in [0.05, 0.1) is 29.4 Å². The standard InChI is InChI=1S/C23H20ClFN4O3/c24-16-9-17-22(29-23(27-17)32-19-11-31-18(10-30)20(19)25)28-21(16)14-3-1-12(2-4-14)13-5-7-15(26)8-6-13/h1-9,18-20,30H,10-11,26H2,(H,27,28,29)/t18-,19-,20+/m1/s1. The smallest absolute Gasteiger partial charge is 0.296 e. The number of hydrogen-bond acceptors (Lipinski definition) is 6. The molecule has 32 heavy (non-hydrogen) atoms. The Balaban J connectivity index is 1.40. The van der Waals surface area contributed by atoms with Crippen molar-refractivity contribution in [1.29, 1.82) is 0 Å². The number of nitrogen functional groups attached to an aromatic ring is 1. The molecule has 5 rings (SSSR count). The van der Waals surface area contributed by atoms with Gasteiger partial charge in [-0.1, -0.05) is 48.0 Å². The lowest BCUT2D eigenvalue weighted by Gasteiger charge is -2.13. The topological polar surface area (TPSA) is 106 Å². The highest BCUT2D eigenvalue weighted by atomic mass is 35.5. The summed E-state index contributed by atoms with van der Waals surface area (Å²) < 4.78 is 25.0. The molecule has 9 heteroatoms. The van der Waals surface area contributed by atoms with Crippen LogP contribution in [-0.4, -0.2) is 51.7 Å². The third kappa shape index (κ3) is 3.88. The fraction of sp³-hybridized carbons (Fsp3) is 0.217. The summed E-state index contributed by atoms with van der Waals surface area (Å²) in [6.45, 7) is -0.373. The van der Waals surface area contributed by atoms with Crippen molar-refractivity contribution in [3.63, 3.8) is 0 Å². The van der Waals surface area contributed by atoms with Crippen LogP contribution in [-0.2, 0) is 4.74 Å². The van der Waals surface area contributed by atoms with E-state index in [1.165, 1.54) is 0 Å². The molecule has 164 valence electrons. The van der Waals surface area contributed by atoms with Crippen molar-refractivity contribution in [3.05, 3.63) is 59.6 Å². The predicted octanol–water partition coefficient (Wildman–Crippen LogP) is 4.00. The first-order valence-corrected chi connectivity index (χ1v) is 10.5. The minimum atomic E-state index is -1.44. The molecule has 0 radical (unpaired) electrons. The number of ether oxygens (including phenoxy) is 2. The molecule has 0 unspecified atom stereocenters. The van der Waals surface area contributed by atoms with Gasteiger partial charge in [0.15, 0.2) is 17.9 Å². The Labute approximate surface area is 188 Å². The summed E-state index contributed by atoms with van der Waals surface area (Å²) in [5.41, 5.74) is 11.0. The van der Waals surface area contributed by atoms with Crippen molar-refractivity contribution in [1.82, 2.24) is 15.0 Å². The van der Waals surface area contributed by atoms with Crippen molar-refractivity contribution in [2.75, 3.05) is 18.9 Å². The van der Waals surface area contributed by atoms with Gasteiger partial charge >= 0.3 is 0 Å². The summed E-state index contributed by atoms with van der Waals surface area (Å²) in [7, 11) is 0. The average molecular weight is 455 g/mol. The fourth-order valence-electron chi connectivity index (χ4n) is 3.69. The van der Waals surface area contributed by atoms with E-state index in [-0.39, 0.29) is 12.6 Å². The van der Waals surface area contributed by atoms with Gasteiger partial charge in [-0.2, -0.15) is 4.98 Å². The number of rotatable bonds is 5. The van der Waals surface area contributed by atoms with E-state index in [0.29, 0.717) is 27.6 Å². The van der Waals surface area contributed by atoms with Gasteiger partial charge in [0.2, 0.25) is 0 Å². The Morgan fingerprint density at radius 2 is 1.75 bits per heavy atom. The molecule has 7 nitrogen and oxygen atoms in total. The van der Waals surface area contributed by atoms with Gasteiger partial charge in [0.25, 0.3) is 6.01 Å². The van der Waals surface area contributed by atoms with E-state index in [4.69, 9.17) is 31.9 Å². The highest BCUT2D eigenvalue weighted by Gasteiger charge is 2.39. The second-order valence-electron chi connectivity index (χ2n) is 7.59. The Kier molecular flexibility index (Phi) is 5.42. The maximum atomic E-state index is 14.2. The summed E-state index contributed by atoms with van der Waals surface area (Å²) in [5, 5.41) is 9.57. The molecule has 2 aromatic carbocycles. The maximum Gasteiger partial charge on any atom is 0.296 e. The number of hydrogen-bond donors (Lipinski definition) is 3. The summed E-state index contributed by atoms with van der Waals surface area (Å²) in [6.07, 6.45) is -3.19. The molecule has 1 aliphatic rings. The number of aliphatic hydroxyl groups excluding tert-OH is 1. The normalized spacial score (nSPS) is 20.7. The van der Waals surface area contributed by atoms with Crippen LogP contribution in [0.5, 0.6) is 6.01 Å². The first-order chi connectivity index (χ1) is 15.5. The van der Waals surface area contributed by atoms with Crippen molar-refractivity contribution in [2.24, 2.45) is 0 Å². The zero-order chi connectivity index (χ0) is 22.2. The highest BCUT2D eigenvalue weighted by molar-refractivity contribution is 6.33. The summed E-state index contributed by atoms with van der Waals surface area (Å²) in [5.74, 6) is 0. The monoisotopic (exact) mass is 454 g/mol. The van der Waals surface area contributed by atoms with Crippen LogP contribution < -0.4 is 10.5 Å². The number of anilines is 1.